The number of nitrogens with zero attached hydrogens (tertiary/aromatic N) is 3. The zero-order valence-corrected chi connectivity index (χ0v) is 10.7. The zero-order chi connectivity index (χ0) is 13.4. The van der Waals surface area contributed by atoms with E-state index < -0.39 is 0 Å². The molecule has 8 nitrogen and oxygen atoms in total. The van der Waals surface area contributed by atoms with Crippen LogP contribution in [0.15, 0.2) is 4.79 Å². The first-order valence-corrected chi connectivity index (χ1v) is 6.35. The topological polar surface area (TPSA) is 116 Å². The van der Waals surface area contributed by atoms with Crippen LogP contribution in [0.25, 0.3) is 11.2 Å². The molecule has 1 fully saturated rings. The second-order valence-electron chi connectivity index (χ2n) is 4.73. The number of hydrogen-bond donors (Lipinski definition) is 4. The van der Waals surface area contributed by atoms with Crippen LogP contribution in [0.4, 0.5) is 5.95 Å². The van der Waals surface area contributed by atoms with Crippen molar-refractivity contribution in [3.63, 3.8) is 0 Å². The van der Waals surface area contributed by atoms with Crippen molar-refractivity contribution in [2.45, 2.75) is 13.0 Å². The molecule has 19 heavy (non-hydrogen) atoms. The average Bonchev–Trinajstić information content (AvgIpc) is 2.83. The minimum atomic E-state index is -0.284. The summed E-state index contributed by atoms with van der Waals surface area (Å²) in [5.74, 6) is 0.839. The van der Waals surface area contributed by atoms with Crippen LogP contribution in [0.2, 0.25) is 0 Å². The molecule has 1 aliphatic rings. The maximum absolute atomic E-state index is 11.7. The van der Waals surface area contributed by atoms with Crippen molar-refractivity contribution in [2.24, 2.45) is 0 Å². The standard InChI is InChI=1S/C11H17N7O/c1-6(18-4-2-13-3-5-18)8-14-7-9(15-8)16-11(12)17-10(7)19/h6,13H,2-5H2,1H3,(H4,12,14,15,16,17,19). The van der Waals surface area contributed by atoms with Gasteiger partial charge in [-0.2, -0.15) is 4.98 Å². The van der Waals surface area contributed by atoms with Gasteiger partial charge in [0.2, 0.25) is 5.95 Å². The summed E-state index contributed by atoms with van der Waals surface area (Å²) in [4.78, 5) is 28.0. The monoisotopic (exact) mass is 263 g/mol. The van der Waals surface area contributed by atoms with Crippen molar-refractivity contribution in [2.75, 3.05) is 31.9 Å². The lowest BCUT2D eigenvalue weighted by molar-refractivity contribution is 0.180. The summed E-state index contributed by atoms with van der Waals surface area (Å²) in [6.45, 7) is 5.93. The Balaban J connectivity index is 1.96. The summed E-state index contributed by atoms with van der Waals surface area (Å²) in [5, 5.41) is 3.31. The van der Waals surface area contributed by atoms with E-state index >= 15 is 0 Å². The largest absolute Gasteiger partial charge is 0.369 e. The van der Waals surface area contributed by atoms with Crippen molar-refractivity contribution in [1.82, 2.24) is 30.2 Å². The van der Waals surface area contributed by atoms with Crippen LogP contribution < -0.4 is 16.6 Å². The van der Waals surface area contributed by atoms with E-state index in [0.717, 1.165) is 32.0 Å². The molecule has 2 aromatic rings. The van der Waals surface area contributed by atoms with Gasteiger partial charge in [0.05, 0.1) is 6.04 Å². The summed E-state index contributed by atoms with van der Waals surface area (Å²) < 4.78 is 0. The molecule has 0 amide bonds. The van der Waals surface area contributed by atoms with Crippen LogP contribution in [-0.2, 0) is 0 Å². The lowest BCUT2D eigenvalue weighted by atomic mass is 10.2. The van der Waals surface area contributed by atoms with Crippen LogP contribution >= 0.6 is 0 Å². The molecular weight excluding hydrogens is 246 g/mol. The smallest absolute Gasteiger partial charge is 0.278 e. The van der Waals surface area contributed by atoms with Crippen LogP contribution in [0.5, 0.6) is 0 Å². The van der Waals surface area contributed by atoms with E-state index in [-0.39, 0.29) is 17.5 Å². The summed E-state index contributed by atoms with van der Waals surface area (Å²) in [7, 11) is 0. The second kappa shape index (κ2) is 4.63. The number of nitrogen functional groups attached to an aromatic ring is 1. The molecule has 102 valence electrons. The van der Waals surface area contributed by atoms with E-state index in [2.05, 4.69) is 37.1 Å². The van der Waals surface area contributed by atoms with Gasteiger partial charge in [0.15, 0.2) is 11.2 Å². The molecule has 0 saturated carbocycles. The third kappa shape index (κ3) is 2.20. The number of hydrogen-bond acceptors (Lipinski definition) is 6. The highest BCUT2D eigenvalue weighted by atomic mass is 16.1. The molecule has 3 heterocycles. The zero-order valence-electron chi connectivity index (χ0n) is 10.7. The lowest BCUT2D eigenvalue weighted by Gasteiger charge is -2.31. The first kappa shape index (κ1) is 12.1. The molecule has 1 saturated heterocycles. The summed E-state index contributed by atoms with van der Waals surface area (Å²) in [5.41, 5.74) is 5.98. The lowest BCUT2D eigenvalue weighted by Crippen LogP contribution is -2.44. The predicted octanol–water partition coefficient (Wildman–Crippen LogP) is -0.805. The number of piperazine rings is 1. The SMILES string of the molecule is CC(c1nc2nc(N)[nH]c(=O)c2[nH]1)N1CCNCC1. The Hall–Kier alpha value is -1.93. The van der Waals surface area contributed by atoms with Gasteiger partial charge in [0, 0.05) is 26.2 Å². The third-order valence-electron chi connectivity index (χ3n) is 3.49. The number of aromatic nitrogens is 4. The molecule has 0 radical (unpaired) electrons. The predicted molar refractivity (Wildman–Crippen MR) is 71.8 cm³/mol. The number of rotatable bonds is 2. The van der Waals surface area contributed by atoms with Crippen LogP contribution in [0, 0.1) is 0 Å². The Morgan fingerprint density at radius 3 is 2.74 bits per heavy atom. The van der Waals surface area contributed by atoms with Crippen molar-refractivity contribution >= 4 is 17.1 Å². The molecule has 1 atom stereocenters. The molecule has 5 N–H and O–H groups in total. The van der Waals surface area contributed by atoms with Crippen molar-refractivity contribution in [1.29, 1.82) is 0 Å². The van der Waals surface area contributed by atoms with Gasteiger partial charge in [-0.15, -0.1) is 0 Å². The minimum absolute atomic E-state index is 0.0883. The Bertz CT molecular complexity index is 640. The van der Waals surface area contributed by atoms with Crippen LogP contribution in [0.1, 0.15) is 18.8 Å². The number of H-pyrrole nitrogens is 2. The van der Waals surface area contributed by atoms with Gasteiger partial charge in [-0.25, -0.2) is 4.98 Å². The molecule has 0 spiro atoms. The fraction of sp³-hybridized carbons (Fsp3) is 0.545. The molecule has 0 aromatic carbocycles. The van der Waals surface area contributed by atoms with Crippen LogP contribution in [-0.4, -0.2) is 51.0 Å². The van der Waals surface area contributed by atoms with E-state index in [1.165, 1.54) is 0 Å². The van der Waals surface area contributed by atoms with Gasteiger partial charge in [-0.1, -0.05) is 0 Å². The Kier molecular flexibility index (Phi) is 2.96. The number of aromatic amines is 2. The number of fused-ring (bicyclic) bond motifs is 1. The normalized spacial score (nSPS) is 18.8. The maximum atomic E-state index is 11.7. The average molecular weight is 263 g/mol. The van der Waals surface area contributed by atoms with Gasteiger partial charge in [-0.3, -0.25) is 14.7 Å². The van der Waals surface area contributed by atoms with Crippen molar-refractivity contribution < 1.29 is 0 Å². The molecule has 2 aromatic heterocycles. The Morgan fingerprint density at radius 2 is 2.00 bits per heavy atom. The number of imidazole rings is 1. The molecule has 1 aliphatic heterocycles. The number of anilines is 1. The molecule has 3 rings (SSSR count). The van der Waals surface area contributed by atoms with E-state index in [1.54, 1.807) is 0 Å². The van der Waals surface area contributed by atoms with Gasteiger partial charge in [0.25, 0.3) is 5.56 Å². The summed E-state index contributed by atoms with van der Waals surface area (Å²) >= 11 is 0. The van der Waals surface area contributed by atoms with E-state index in [0.29, 0.717) is 11.2 Å². The fourth-order valence-electron chi connectivity index (χ4n) is 2.38. The van der Waals surface area contributed by atoms with Gasteiger partial charge in [-0.05, 0) is 6.92 Å². The Labute approximate surface area is 109 Å². The first-order valence-electron chi connectivity index (χ1n) is 6.35. The van der Waals surface area contributed by atoms with E-state index in [9.17, 15) is 4.79 Å². The molecular formula is C11H17N7O. The number of nitrogens with one attached hydrogen (secondary N) is 3. The highest BCUT2D eigenvalue weighted by molar-refractivity contribution is 5.70. The third-order valence-corrected chi connectivity index (χ3v) is 3.49. The highest BCUT2D eigenvalue weighted by Crippen LogP contribution is 2.19. The molecule has 8 heteroatoms. The van der Waals surface area contributed by atoms with Gasteiger partial charge >= 0.3 is 0 Å². The van der Waals surface area contributed by atoms with Crippen molar-refractivity contribution in [3.05, 3.63) is 16.2 Å². The molecule has 0 aliphatic carbocycles. The molecule has 1 unspecified atom stereocenters. The molecule has 0 bridgehead atoms. The highest BCUT2D eigenvalue weighted by Gasteiger charge is 2.21. The van der Waals surface area contributed by atoms with Crippen LogP contribution in [0.3, 0.4) is 0 Å². The van der Waals surface area contributed by atoms with Crippen molar-refractivity contribution in [3.8, 4) is 0 Å². The van der Waals surface area contributed by atoms with E-state index in [4.69, 9.17) is 5.73 Å². The van der Waals surface area contributed by atoms with Gasteiger partial charge in [0.1, 0.15) is 5.82 Å². The van der Waals surface area contributed by atoms with Gasteiger partial charge < -0.3 is 16.0 Å². The van der Waals surface area contributed by atoms with E-state index in [1.807, 2.05) is 0 Å². The number of nitrogens with two attached hydrogens (primary N) is 1. The summed E-state index contributed by atoms with van der Waals surface area (Å²) in [6, 6.07) is 0.122. The first-order chi connectivity index (χ1) is 9.15. The summed E-state index contributed by atoms with van der Waals surface area (Å²) in [6.07, 6.45) is 0. The Morgan fingerprint density at radius 1 is 1.26 bits per heavy atom. The fourth-order valence-corrected chi connectivity index (χ4v) is 2.38. The second-order valence-corrected chi connectivity index (χ2v) is 4.73. The minimum Gasteiger partial charge on any atom is -0.369 e. The maximum Gasteiger partial charge on any atom is 0.278 e. The quantitative estimate of drug-likeness (QED) is 0.563.